The third-order valence-electron chi connectivity index (χ3n) is 3.78. The lowest BCUT2D eigenvalue weighted by atomic mass is 10.1. The summed E-state index contributed by atoms with van der Waals surface area (Å²) in [6.07, 6.45) is -0.973. The van der Waals surface area contributed by atoms with Crippen molar-refractivity contribution in [1.29, 1.82) is 0 Å². The van der Waals surface area contributed by atoms with Gasteiger partial charge in [-0.25, -0.2) is 0 Å². The van der Waals surface area contributed by atoms with Crippen molar-refractivity contribution in [2.75, 3.05) is 20.8 Å². The summed E-state index contributed by atoms with van der Waals surface area (Å²) in [7, 11) is 3.02. The number of hydrogen-bond acceptors (Lipinski definition) is 6. The van der Waals surface area contributed by atoms with Crippen LogP contribution in [0.3, 0.4) is 0 Å². The summed E-state index contributed by atoms with van der Waals surface area (Å²) in [5, 5.41) is 2.45. The lowest BCUT2D eigenvalue weighted by Crippen LogP contribution is -2.34. The van der Waals surface area contributed by atoms with Crippen LogP contribution in [0.25, 0.3) is 0 Å². The molecule has 0 fully saturated rings. The zero-order valence-electron chi connectivity index (χ0n) is 15.4. The van der Waals surface area contributed by atoms with E-state index in [1.165, 1.54) is 21.1 Å². The average molecular weight is 371 g/mol. The summed E-state index contributed by atoms with van der Waals surface area (Å²) in [4.78, 5) is 36.3. The molecule has 0 bridgehead atoms. The third-order valence-corrected chi connectivity index (χ3v) is 3.78. The summed E-state index contributed by atoms with van der Waals surface area (Å²) in [5.41, 5.74) is 0.751. The maximum Gasteiger partial charge on any atom is 0.326 e. The van der Waals surface area contributed by atoms with Crippen LogP contribution >= 0.6 is 0 Å². The first-order valence-corrected chi connectivity index (χ1v) is 8.24. The maximum absolute atomic E-state index is 12.3. The summed E-state index contributed by atoms with van der Waals surface area (Å²) in [6, 6.07) is 13.0. The quantitative estimate of drug-likeness (QED) is 0.565. The van der Waals surface area contributed by atoms with E-state index in [2.05, 4.69) is 5.32 Å². The highest BCUT2D eigenvalue weighted by molar-refractivity contribution is 6.00. The molecule has 0 aliphatic rings. The van der Waals surface area contributed by atoms with Crippen molar-refractivity contribution in [3.8, 4) is 11.5 Å². The second-order valence-electron chi connectivity index (χ2n) is 5.64. The molecular weight excluding hydrogens is 350 g/mol. The van der Waals surface area contributed by atoms with Crippen LogP contribution in [-0.4, -0.2) is 44.5 Å². The minimum absolute atomic E-state index is 0.342. The number of nitrogens with one attached hydrogen (secondary N) is 1. The van der Waals surface area contributed by atoms with Gasteiger partial charge in [0, 0.05) is 11.1 Å². The van der Waals surface area contributed by atoms with Gasteiger partial charge in [-0.2, -0.15) is 0 Å². The minimum Gasteiger partial charge on any atom is -0.497 e. The molecular formula is C20H21NO6. The van der Waals surface area contributed by atoms with Crippen LogP contribution in [0.15, 0.2) is 48.5 Å². The molecule has 7 heteroatoms. The van der Waals surface area contributed by atoms with Gasteiger partial charge in [-0.15, -0.1) is 0 Å². The fourth-order valence-corrected chi connectivity index (χ4v) is 2.30. The van der Waals surface area contributed by atoms with Gasteiger partial charge in [-0.1, -0.05) is 6.07 Å². The molecule has 0 aromatic heterocycles. The zero-order chi connectivity index (χ0) is 19.8. The maximum atomic E-state index is 12.3. The number of Topliss-reactive ketones (excluding diaryl/α,β-unsaturated/α-hetero) is 1. The Morgan fingerprint density at radius 3 is 2.22 bits per heavy atom. The number of ketones is 1. The number of carbonyl (C=O) groups is 3. The first kappa shape index (κ1) is 20.0. The number of ether oxygens (including phenoxy) is 3. The number of benzene rings is 2. The molecule has 2 aromatic rings. The van der Waals surface area contributed by atoms with E-state index in [0.29, 0.717) is 22.6 Å². The second kappa shape index (κ2) is 9.38. The van der Waals surface area contributed by atoms with E-state index >= 15 is 0 Å². The number of hydrogen-bond donors (Lipinski definition) is 1. The molecule has 0 saturated carbocycles. The Hall–Kier alpha value is -3.35. The van der Waals surface area contributed by atoms with Crippen molar-refractivity contribution in [1.82, 2.24) is 5.32 Å². The number of rotatable bonds is 8. The van der Waals surface area contributed by atoms with Crippen LogP contribution < -0.4 is 14.8 Å². The zero-order valence-corrected chi connectivity index (χ0v) is 15.4. The topological polar surface area (TPSA) is 90.9 Å². The molecule has 0 spiro atoms. The Balaban J connectivity index is 1.86. The standard InChI is InChI=1S/C20H21NO6/c1-13(19(23)14-7-9-16(25-2)10-8-14)27-18(22)12-21-20(24)15-5-4-6-17(11-15)26-3/h4-11,13H,12H2,1-3H3,(H,21,24)/t13-/m1/s1. The Morgan fingerprint density at radius 1 is 0.926 bits per heavy atom. The first-order valence-electron chi connectivity index (χ1n) is 8.24. The Morgan fingerprint density at radius 2 is 1.59 bits per heavy atom. The highest BCUT2D eigenvalue weighted by atomic mass is 16.5. The SMILES string of the molecule is COc1ccc(C(=O)[C@@H](C)OC(=O)CNC(=O)c2cccc(OC)c2)cc1. The van der Waals surface area contributed by atoms with Gasteiger partial charge in [-0.3, -0.25) is 14.4 Å². The Kier molecular flexibility index (Phi) is 6.93. The summed E-state index contributed by atoms with van der Waals surface area (Å²) >= 11 is 0. The minimum atomic E-state index is -0.973. The predicted octanol–water partition coefficient (Wildman–Crippen LogP) is 2.25. The molecule has 7 nitrogen and oxygen atoms in total. The van der Waals surface area contributed by atoms with E-state index in [1.54, 1.807) is 48.5 Å². The van der Waals surface area contributed by atoms with E-state index in [9.17, 15) is 14.4 Å². The highest BCUT2D eigenvalue weighted by Crippen LogP contribution is 2.14. The lowest BCUT2D eigenvalue weighted by Gasteiger charge is -2.13. The third kappa shape index (κ3) is 5.57. The highest BCUT2D eigenvalue weighted by Gasteiger charge is 2.20. The van der Waals surface area contributed by atoms with E-state index in [4.69, 9.17) is 14.2 Å². The molecule has 2 rings (SSSR count). The molecule has 27 heavy (non-hydrogen) atoms. The van der Waals surface area contributed by atoms with E-state index in [0.717, 1.165) is 0 Å². The molecule has 0 heterocycles. The van der Waals surface area contributed by atoms with Gasteiger partial charge in [-0.05, 0) is 49.4 Å². The molecule has 0 unspecified atom stereocenters. The summed E-state index contributed by atoms with van der Waals surface area (Å²) in [6.45, 7) is 1.13. The van der Waals surface area contributed by atoms with Crippen LogP contribution in [0.2, 0.25) is 0 Å². The van der Waals surface area contributed by atoms with Crippen molar-refractivity contribution in [3.63, 3.8) is 0 Å². The molecule has 0 aliphatic heterocycles. The molecule has 0 radical (unpaired) electrons. The smallest absolute Gasteiger partial charge is 0.326 e. The number of esters is 1. The molecule has 1 N–H and O–H groups in total. The first-order chi connectivity index (χ1) is 12.9. The summed E-state index contributed by atoms with van der Waals surface area (Å²) < 4.78 is 15.2. The largest absolute Gasteiger partial charge is 0.497 e. The van der Waals surface area contributed by atoms with Crippen LogP contribution in [-0.2, 0) is 9.53 Å². The summed E-state index contributed by atoms with van der Waals surface area (Å²) in [5.74, 6) is -0.342. The fraction of sp³-hybridized carbons (Fsp3) is 0.250. The number of carbonyl (C=O) groups excluding carboxylic acids is 3. The second-order valence-corrected chi connectivity index (χ2v) is 5.64. The van der Waals surface area contributed by atoms with Crippen molar-refractivity contribution in [2.24, 2.45) is 0 Å². The number of methoxy groups -OCH3 is 2. The van der Waals surface area contributed by atoms with Crippen molar-refractivity contribution in [2.45, 2.75) is 13.0 Å². The van der Waals surface area contributed by atoms with Gasteiger partial charge < -0.3 is 19.5 Å². The van der Waals surface area contributed by atoms with Crippen LogP contribution in [0.5, 0.6) is 11.5 Å². The fourth-order valence-electron chi connectivity index (χ4n) is 2.30. The normalized spacial score (nSPS) is 11.2. The van der Waals surface area contributed by atoms with Gasteiger partial charge in [0.05, 0.1) is 14.2 Å². The van der Waals surface area contributed by atoms with Gasteiger partial charge in [0.1, 0.15) is 18.0 Å². The van der Waals surface area contributed by atoms with Gasteiger partial charge in [0.2, 0.25) is 5.78 Å². The van der Waals surface area contributed by atoms with E-state index in [1.807, 2.05) is 0 Å². The molecule has 0 saturated heterocycles. The van der Waals surface area contributed by atoms with Gasteiger partial charge >= 0.3 is 5.97 Å². The molecule has 0 aliphatic carbocycles. The van der Waals surface area contributed by atoms with E-state index in [-0.39, 0.29) is 12.3 Å². The Bertz CT molecular complexity index is 815. The lowest BCUT2D eigenvalue weighted by molar-refractivity contribution is -0.145. The van der Waals surface area contributed by atoms with Gasteiger partial charge in [0.15, 0.2) is 6.10 Å². The average Bonchev–Trinajstić information content (AvgIpc) is 2.71. The molecule has 2 aromatic carbocycles. The van der Waals surface area contributed by atoms with Crippen molar-refractivity contribution < 1.29 is 28.6 Å². The van der Waals surface area contributed by atoms with Crippen LogP contribution in [0.4, 0.5) is 0 Å². The van der Waals surface area contributed by atoms with Crippen LogP contribution in [0.1, 0.15) is 27.6 Å². The van der Waals surface area contributed by atoms with Gasteiger partial charge in [0.25, 0.3) is 5.91 Å². The number of amides is 1. The van der Waals surface area contributed by atoms with E-state index < -0.39 is 18.0 Å². The predicted molar refractivity (Wildman–Crippen MR) is 98.2 cm³/mol. The monoisotopic (exact) mass is 371 g/mol. The van der Waals surface area contributed by atoms with Crippen LogP contribution in [0, 0.1) is 0 Å². The molecule has 1 amide bonds. The molecule has 142 valence electrons. The Labute approximate surface area is 157 Å². The van der Waals surface area contributed by atoms with Crippen molar-refractivity contribution in [3.05, 3.63) is 59.7 Å². The molecule has 1 atom stereocenters. The van der Waals surface area contributed by atoms with Crippen molar-refractivity contribution >= 4 is 17.7 Å².